The van der Waals surface area contributed by atoms with Gasteiger partial charge in [0.15, 0.2) is 5.82 Å². The van der Waals surface area contributed by atoms with E-state index in [2.05, 4.69) is 14.5 Å². The van der Waals surface area contributed by atoms with Crippen LogP contribution in [0.25, 0.3) is 5.53 Å². The minimum absolute atomic E-state index is 0.149. The summed E-state index contributed by atoms with van der Waals surface area (Å²) in [6, 6.07) is 1.10. The lowest BCUT2D eigenvalue weighted by atomic mass is 10.0. The highest BCUT2D eigenvalue weighted by Crippen LogP contribution is 2.17. The van der Waals surface area contributed by atoms with Crippen LogP contribution in [0.2, 0.25) is 0 Å². The first-order valence-corrected chi connectivity index (χ1v) is 4.05. The fourth-order valence-electron chi connectivity index (χ4n) is 1.04. The first-order valence-electron chi connectivity index (χ1n) is 4.05. The van der Waals surface area contributed by atoms with Crippen molar-refractivity contribution >= 4 is 12.5 Å². The SMILES string of the molecule is COc1ncc(C(C=O)C=[N+]=[N-])cc1F. The summed E-state index contributed by atoms with van der Waals surface area (Å²) in [6.45, 7) is 0. The number of nitrogens with zero attached hydrogens (tertiary/aromatic N) is 3. The quantitative estimate of drug-likeness (QED) is 0.318. The second kappa shape index (κ2) is 4.97. The Morgan fingerprint density at radius 1 is 1.73 bits per heavy atom. The van der Waals surface area contributed by atoms with E-state index in [0.29, 0.717) is 11.8 Å². The minimum Gasteiger partial charge on any atom is -0.479 e. The third kappa shape index (κ3) is 2.45. The van der Waals surface area contributed by atoms with E-state index in [1.165, 1.54) is 13.3 Å². The number of aromatic nitrogens is 1. The molecule has 6 heteroatoms. The second-order valence-electron chi connectivity index (χ2n) is 2.69. The second-order valence-corrected chi connectivity index (χ2v) is 2.69. The molecule has 0 aromatic carbocycles. The van der Waals surface area contributed by atoms with Gasteiger partial charge in [-0.3, -0.25) is 0 Å². The van der Waals surface area contributed by atoms with E-state index in [-0.39, 0.29) is 5.88 Å². The van der Waals surface area contributed by atoms with Gasteiger partial charge < -0.3 is 15.1 Å². The molecule has 0 saturated heterocycles. The summed E-state index contributed by atoms with van der Waals surface area (Å²) in [5.41, 5.74) is 8.56. The lowest BCUT2D eigenvalue weighted by molar-refractivity contribution is -0.108. The maximum Gasteiger partial charge on any atom is 0.271 e. The summed E-state index contributed by atoms with van der Waals surface area (Å²) >= 11 is 0. The highest BCUT2D eigenvalue weighted by molar-refractivity contribution is 5.85. The van der Waals surface area contributed by atoms with Crippen molar-refractivity contribution in [1.29, 1.82) is 0 Å². The highest BCUT2D eigenvalue weighted by atomic mass is 19.1. The predicted octanol–water partition coefficient (Wildman–Crippen LogP) is 0.812. The van der Waals surface area contributed by atoms with Gasteiger partial charge in [0.05, 0.1) is 7.11 Å². The van der Waals surface area contributed by atoms with Gasteiger partial charge in [-0.1, -0.05) is 0 Å². The zero-order valence-electron chi connectivity index (χ0n) is 7.92. The van der Waals surface area contributed by atoms with Crippen LogP contribution in [0, 0.1) is 5.82 Å². The predicted molar refractivity (Wildman–Crippen MR) is 49.2 cm³/mol. The van der Waals surface area contributed by atoms with Gasteiger partial charge >= 0.3 is 0 Å². The largest absolute Gasteiger partial charge is 0.479 e. The lowest BCUT2D eigenvalue weighted by Gasteiger charge is -2.03. The average molecular weight is 209 g/mol. The van der Waals surface area contributed by atoms with Crippen molar-refractivity contribution in [2.45, 2.75) is 5.92 Å². The van der Waals surface area contributed by atoms with Gasteiger partial charge in [-0.15, -0.1) is 0 Å². The number of halogens is 1. The first kappa shape index (κ1) is 11.0. The Hall–Kier alpha value is -2.07. The third-order valence-corrected chi connectivity index (χ3v) is 1.78. The number of hydrogen-bond donors (Lipinski definition) is 0. The molecule has 1 unspecified atom stereocenters. The van der Waals surface area contributed by atoms with E-state index in [1.54, 1.807) is 0 Å². The van der Waals surface area contributed by atoms with E-state index in [1.807, 2.05) is 0 Å². The molecule has 1 aromatic rings. The van der Waals surface area contributed by atoms with E-state index < -0.39 is 11.7 Å². The van der Waals surface area contributed by atoms with Gasteiger partial charge in [0.25, 0.3) is 6.21 Å². The summed E-state index contributed by atoms with van der Waals surface area (Å²) in [7, 11) is 1.29. The fraction of sp³-hybridized carbons (Fsp3) is 0.222. The molecule has 0 aliphatic carbocycles. The van der Waals surface area contributed by atoms with Crippen LogP contribution >= 0.6 is 0 Å². The van der Waals surface area contributed by atoms with Crippen LogP contribution in [0.5, 0.6) is 5.88 Å². The van der Waals surface area contributed by atoms with Crippen LogP contribution in [0.4, 0.5) is 4.39 Å². The molecule has 0 spiro atoms. The van der Waals surface area contributed by atoms with Gasteiger partial charge in [0, 0.05) is 6.20 Å². The number of rotatable bonds is 4. The molecule has 0 aliphatic heterocycles. The van der Waals surface area contributed by atoms with Crippen LogP contribution in [-0.4, -0.2) is 29.4 Å². The van der Waals surface area contributed by atoms with Gasteiger partial charge in [0.1, 0.15) is 12.2 Å². The number of carbonyl (C=O) groups is 1. The Bertz CT molecular complexity index is 416. The van der Waals surface area contributed by atoms with E-state index in [0.717, 1.165) is 12.3 Å². The van der Waals surface area contributed by atoms with E-state index in [9.17, 15) is 9.18 Å². The molecule has 0 aliphatic rings. The van der Waals surface area contributed by atoms with Crippen molar-refractivity contribution in [3.63, 3.8) is 0 Å². The van der Waals surface area contributed by atoms with Crippen molar-refractivity contribution in [3.8, 4) is 5.88 Å². The smallest absolute Gasteiger partial charge is 0.271 e. The van der Waals surface area contributed by atoms with Gasteiger partial charge in [-0.2, -0.15) is 4.79 Å². The Labute approximate surface area is 85.1 Å². The number of hydrogen-bond acceptors (Lipinski definition) is 3. The zero-order valence-corrected chi connectivity index (χ0v) is 7.92. The van der Waals surface area contributed by atoms with Crippen molar-refractivity contribution in [2.24, 2.45) is 0 Å². The summed E-state index contributed by atoms with van der Waals surface area (Å²) in [5, 5.41) is 0. The van der Waals surface area contributed by atoms with Crippen LogP contribution in [-0.2, 0) is 4.79 Å². The molecule has 0 saturated carbocycles. The van der Waals surface area contributed by atoms with Crippen LogP contribution in [0.3, 0.4) is 0 Å². The van der Waals surface area contributed by atoms with Crippen LogP contribution < -0.4 is 4.74 Å². The standard InChI is InChI=1S/C9H8FN3O2/c1-15-9-8(10)2-6(3-12-9)7(5-14)4-13-11/h2-5,7H,1H3. The van der Waals surface area contributed by atoms with Gasteiger partial charge in [-0.25, -0.2) is 9.37 Å². The van der Waals surface area contributed by atoms with E-state index in [4.69, 9.17) is 5.53 Å². The molecule has 0 amide bonds. The minimum atomic E-state index is -0.817. The molecule has 1 heterocycles. The van der Waals surface area contributed by atoms with Gasteiger partial charge in [-0.05, 0) is 11.6 Å². The zero-order chi connectivity index (χ0) is 11.3. The Morgan fingerprint density at radius 3 is 2.93 bits per heavy atom. The average Bonchev–Trinajstić information content (AvgIpc) is 2.25. The van der Waals surface area contributed by atoms with Crippen LogP contribution in [0.1, 0.15) is 11.5 Å². The molecule has 0 bridgehead atoms. The van der Waals surface area contributed by atoms with Crippen molar-refractivity contribution in [3.05, 3.63) is 29.2 Å². The Kier molecular flexibility index (Phi) is 3.65. The molecular weight excluding hydrogens is 201 g/mol. The third-order valence-electron chi connectivity index (χ3n) is 1.78. The molecule has 15 heavy (non-hydrogen) atoms. The normalized spacial score (nSPS) is 11.3. The number of methoxy groups -OCH3 is 1. The number of carbonyl (C=O) groups excluding carboxylic acids is 1. The van der Waals surface area contributed by atoms with Crippen molar-refractivity contribution in [1.82, 2.24) is 4.98 Å². The summed E-state index contributed by atoms with van der Waals surface area (Å²) in [6.07, 6.45) is 2.78. The molecule has 0 N–H and O–H groups in total. The number of pyridine rings is 1. The number of aldehydes is 1. The summed E-state index contributed by atoms with van der Waals surface area (Å²) in [4.78, 5) is 16.9. The maximum absolute atomic E-state index is 13.2. The van der Waals surface area contributed by atoms with Gasteiger partial charge in [0.2, 0.25) is 5.88 Å². The lowest BCUT2D eigenvalue weighted by Crippen LogP contribution is -2.04. The molecule has 0 fully saturated rings. The Morgan fingerprint density at radius 2 is 2.47 bits per heavy atom. The molecular formula is C9H8FN3O2. The van der Waals surface area contributed by atoms with Crippen LogP contribution in [0.15, 0.2) is 12.3 Å². The molecule has 78 valence electrons. The fourth-order valence-corrected chi connectivity index (χ4v) is 1.04. The Balaban J connectivity index is 3.10. The van der Waals surface area contributed by atoms with E-state index >= 15 is 0 Å². The summed E-state index contributed by atoms with van der Waals surface area (Å²) in [5.74, 6) is -1.64. The molecule has 5 nitrogen and oxygen atoms in total. The monoisotopic (exact) mass is 209 g/mol. The first-order chi connectivity index (χ1) is 7.22. The maximum atomic E-state index is 13.2. The molecule has 1 atom stereocenters. The number of ether oxygens (including phenoxy) is 1. The summed E-state index contributed by atoms with van der Waals surface area (Å²) < 4.78 is 17.8. The van der Waals surface area contributed by atoms with Crippen molar-refractivity contribution in [2.75, 3.05) is 7.11 Å². The topological polar surface area (TPSA) is 75.6 Å². The molecule has 0 radical (unpaired) electrons. The highest BCUT2D eigenvalue weighted by Gasteiger charge is 2.15. The molecule has 1 aromatic heterocycles. The molecule has 1 rings (SSSR count). The van der Waals surface area contributed by atoms with Crippen molar-refractivity contribution < 1.29 is 18.7 Å².